The summed E-state index contributed by atoms with van der Waals surface area (Å²) < 4.78 is 33.1. The molecule has 0 heterocycles. The van der Waals surface area contributed by atoms with Crippen LogP contribution in [-0.4, -0.2) is 134 Å². The third-order valence-electron chi connectivity index (χ3n) is 16.7. The molecule has 0 aliphatic heterocycles. The smallest absolute Gasteiger partial charge is 0.408 e. The van der Waals surface area contributed by atoms with Gasteiger partial charge in [-0.25, -0.2) is 17.9 Å². The Morgan fingerprint density at radius 2 is 1.10 bits per heavy atom. The van der Waals surface area contributed by atoms with Crippen molar-refractivity contribution in [2.24, 2.45) is 28.3 Å². The van der Waals surface area contributed by atoms with Gasteiger partial charge in [-0.15, -0.1) is 11.8 Å². The predicted molar refractivity (Wildman–Crippen MR) is 385 cm³/mol. The normalized spacial score (nSPS) is 15.0. The van der Waals surface area contributed by atoms with Crippen LogP contribution in [0.2, 0.25) is 0 Å². The number of hydrogen-bond acceptors (Lipinski definition) is 15. The summed E-state index contributed by atoms with van der Waals surface area (Å²) in [6, 6.07) is 35.6. The van der Waals surface area contributed by atoms with Gasteiger partial charge in [-0.2, -0.15) is 11.8 Å². The van der Waals surface area contributed by atoms with Crippen molar-refractivity contribution in [1.82, 2.24) is 47.3 Å². The number of ether oxygens (including phenoxy) is 1. The highest BCUT2D eigenvalue weighted by molar-refractivity contribution is 8.00. The number of nitrogens with one attached hydrogen (secondary N) is 9. The molecule has 534 valence electrons. The highest BCUT2D eigenvalue weighted by Gasteiger charge is 2.39. The second kappa shape index (κ2) is 40.8. The Kier molecular flexibility index (Phi) is 32.6. The minimum absolute atomic E-state index is 0.000890. The summed E-state index contributed by atoms with van der Waals surface area (Å²) >= 11 is 3.08. The predicted octanol–water partition coefficient (Wildman–Crippen LogP) is 6.10. The van der Waals surface area contributed by atoms with Gasteiger partial charge in [0.1, 0.15) is 42.9 Å². The average molecular weight is 1420 g/mol. The Hall–Kier alpha value is -8.95. The van der Waals surface area contributed by atoms with E-state index in [-0.39, 0.29) is 85.1 Å². The van der Waals surface area contributed by atoms with Crippen LogP contribution >= 0.6 is 23.5 Å². The number of aryl methyl sites for hydroxylation is 1. The van der Waals surface area contributed by atoms with Crippen LogP contribution in [0.15, 0.2) is 155 Å². The topological polar surface area (TPSA) is 370 Å². The number of carbonyl (C=O) groups excluding carboxylic acids is 9. The summed E-state index contributed by atoms with van der Waals surface area (Å²) in [6.07, 6.45) is 4.05. The van der Waals surface area contributed by atoms with Crippen LogP contribution in [0.4, 0.5) is 4.79 Å². The maximum Gasteiger partial charge on any atom is 0.408 e. The summed E-state index contributed by atoms with van der Waals surface area (Å²) in [5.41, 5.74) is 15.9. The second-order valence-corrected chi connectivity index (χ2v) is 29.2. The number of rotatable bonds is 39. The molecule has 6 rings (SSSR count). The van der Waals surface area contributed by atoms with Crippen LogP contribution in [0.1, 0.15) is 120 Å². The van der Waals surface area contributed by atoms with Gasteiger partial charge in [0.25, 0.3) is 10.0 Å². The van der Waals surface area contributed by atoms with Gasteiger partial charge >= 0.3 is 6.09 Å². The molecule has 1 unspecified atom stereocenters. The summed E-state index contributed by atoms with van der Waals surface area (Å²) in [6.45, 7) is 8.40. The number of guanidine groups is 1. The highest BCUT2D eigenvalue weighted by Crippen LogP contribution is 2.44. The van der Waals surface area contributed by atoms with E-state index in [1.54, 1.807) is 92.3 Å². The van der Waals surface area contributed by atoms with E-state index < -0.39 is 106 Å². The Morgan fingerprint density at radius 3 is 1.68 bits per heavy atom. The standard InChI is InChI=1S/C72H96N12O12S3/c1-6-50(5)63(82-61(86)43-72(36-20-11-21-37-72)98-46-54-29-18-10-19-30-54)69(92)78-57(41-51-23-12-7-13-24-51)67(90)83-62(48(2)3)68(91)79-58(42-60(73)85)66(89)80-59(47-97-45-53-27-16-9-17-28-53)65(88)76-40-39-75-64(87)56(81-71(93)96-44-52-25-14-8-15-26-52)31-22-38-77-70(74)84-99(94,95)55-34-32-49(4)33-35-55/h7-10,12-19,23-30,32-35,48,50,56-59,62-63H,6,11,20-22,31,36-47H2,1-5H3,(H2,73,85)(H,75,87)(H,76,88)(H,78,92)(H,79,91)(H,80,89)(H,81,93)(H,82,86)(H,83,90)(H3,74,77,84)/t50?,56-,57-,58-,59-,62-,63+/m0/s1. The Labute approximate surface area is 589 Å². The Bertz CT molecular complexity index is 3570. The van der Waals surface area contributed by atoms with Crippen LogP contribution in [0, 0.1) is 18.8 Å². The number of benzene rings is 5. The van der Waals surface area contributed by atoms with E-state index in [0.29, 0.717) is 23.3 Å². The number of carbonyl (C=O) groups is 9. The molecule has 7 atom stereocenters. The van der Waals surface area contributed by atoms with Gasteiger partial charge in [-0.1, -0.05) is 192 Å². The number of nitrogens with zero attached hydrogens (tertiary/aromatic N) is 1. The quantitative estimate of drug-likeness (QED) is 0.0120. The van der Waals surface area contributed by atoms with Crippen molar-refractivity contribution < 1.29 is 56.3 Å². The number of nitrogens with two attached hydrogens (primary N) is 2. The first-order valence-electron chi connectivity index (χ1n) is 33.5. The Morgan fingerprint density at radius 1 is 0.576 bits per heavy atom. The first-order chi connectivity index (χ1) is 47.4. The lowest BCUT2D eigenvalue weighted by Gasteiger charge is -2.37. The molecular weight excluding hydrogens is 1320 g/mol. The van der Waals surface area contributed by atoms with E-state index in [2.05, 4.69) is 64.4 Å². The minimum Gasteiger partial charge on any atom is -0.445 e. The molecule has 0 spiro atoms. The van der Waals surface area contributed by atoms with Gasteiger partial charge in [0, 0.05) is 54.5 Å². The summed E-state index contributed by atoms with van der Waals surface area (Å²) in [5, 5.41) is 22.0. The van der Waals surface area contributed by atoms with Crippen molar-refractivity contribution in [2.45, 2.75) is 169 Å². The molecule has 0 bridgehead atoms. The van der Waals surface area contributed by atoms with Crippen molar-refractivity contribution in [2.75, 3.05) is 25.4 Å². The van der Waals surface area contributed by atoms with Crippen molar-refractivity contribution in [3.63, 3.8) is 0 Å². The number of primary amides is 1. The summed E-state index contributed by atoms with van der Waals surface area (Å²) in [5.74, 6) is -5.96. The van der Waals surface area contributed by atoms with Gasteiger partial charge in [0.15, 0.2) is 0 Å². The van der Waals surface area contributed by atoms with Crippen LogP contribution < -0.4 is 58.7 Å². The molecule has 13 N–H and O–H groups in total. The molecule has 5 aromatic carbocycles. The number of amides is 9. The first kappa shape index (κ1) is 79.0. The molecule has 0 radical (unpaired) electrons. The molecule has 99 heavy (non-hydrogen) atoms. The van der Waals surface area contributed by atoms with Gasteiger partial charge in [0.05, 0.1) is 11.3 Å². The van der Waals surface area contributed by atoms with Crippen LogP contribution in [-0.2, 0) is 77.6 Å². The molecule has 24 nitrogen and oxygen atoms in total. The van der Waals surface area contributed by atoms with E-state index >= 15 is 0 Å². The number of hydrogen-bond donors (Lipinski definition) is 11. The maximum atomic E-state index is 14.7. The summed E-state index contributed by atoms with van der Waals surface area (Å²) in [7, 11) is -4.04. The Balaban J connectivity index is 1.11. The lowest BCUT2D eigenvalue weighted by molar-refractivity contribution is -0.136. The molecule has 1 aliphatic carbocycles. The molecule has 1 aliphatic rings. The van der Waals surface area contributed by atoms with E-state index in [4.69, 9.17) is 16.2 Å². The van der Waals surface area contributed by atoms with Gasteiger partial charge in [-0.3, -0.25) is 43.3 Å². The minimum atomic E-state index is -4.04. The van der Waals surface area contributed by atoms with Gasteiger partial charge < -0.3 is 58.7 Å². The van der Waals surface area contributed by atoms with Crippen LogP contribution in [0.5, 0.6) is 0 Å². The fraction of sp³-hybridized carbons (Fsp3) is 0.444. The third-order valence-corrected chi connectivity index (χ3v) is 20.8. The lowest BCUT2D eigenvalue weighted by Crippen LogP contribution is -2.61. The SMILES string of the molecule is CCC(C)[C@@H](NC(=O)CC1(SCc2ccccc2)CCCCC1)C(=O)N[C@@H](Cc1ccccc1)C(=O)N[C@H](C(=O)N[C@@H](CC(N)=O)C(=O)N[C@@H](CSCc1ccccc1)C(=O)NCCNC(=O)[C@H](CCCN=C(N)NS(=O)(=O)c1ccc(C)cc1)NC(=O)OCc1ccccc1)C(C)C. The third kappa shape index (κ3) is 27.7. The fourth-order valence-corrected chi connectivity index (χ4v) is 14.4. The monoisotopic (exact) mass is 1420 g/mol. The van der Waals surface area contributed by atoms with Crippen molar-refractivity contribution in [3.8, 4) is 0 Å². The average Bonchev–Trinajstić information content (AvgIpc) is 0.846. The molecule has 1 fully saturated rings. The van der Waals surface area contributed by atoms with E-state index in [0.717, 1.165) is 54.5 Å². The molecule has 27 heteroatoms. The van der Waals surface area contributed by atoms with E-state index in [1.165, 1.54) is 23.9 Å². The highest BCUT2D eigenvalue weighted by atomic mass is 32.2. The molecule has 5 aromatic rings. The number of aliphatic imine (C=N–C) groups is 1. The zero-order valence-corrected chi connectivity index (χ0v) is 59.4. The zero-order chi connectivity index (χ0) is 71.7. The lowest BCUT2D eigenvalue weighted by atomic mass is 9.85. The molecule has 1 saturated carbocycles. The van der Waals surface area contributed by atoms with Crippen molar-refractivity contribution >= 4 is 92.9 Å². The van der Waals surface area contributed by atoms with E-state index in [1.807, 2.05) is 75.4 Å². The largest absolute Gasteiger partial charge is 0.445 e. The summed E-state index contributed by atoms with van der Waals surface area (Å²) in [4.78, 5) is 130. The molecule has 0 saturated heterocycles. The fourth-order valence-electron chi connectivity index (χ4n) is 10.9. The van der Waals surface area contributed by atoms with Crippen LogP contribution in [0.3, 0.4) is 0 Å². The number of thioether (sulfide) groups is 2. The van der Waals surface area contributed by atoms with Crippen molar-refractivity contribution in [3.05, 3.63) is 173 Å². The number of sulfonamides is 1. The van der Waals surface area contributed by atoms with Gasteiger partial charge in [-0.05, 0) is 78.8 Å². The first-order valence-corrected chi connectivity index (χ1v) is 37.1. The van der Waals surface area contributed by atoms with Crippen molar-refractivity contribution in [1.29, 1.82) is 0 Å². The number of alkyl carbamates (subject to hydrolysis) is 1. The molecular formula is C72H96N12O12S3. The van der Waals surface area contributed by atoms with Crippen LogP contribution in [0.25, 0.3) is 0 Å². The van der Waals surface area contributed by atoms with Gasteiger partial charge in [0.2, 0.25) is 53.2 Å². The second-order valence-electron chi connectivity index (χ2n) is 25.1. The maximum absolute atomic E-state index is 14.7. The molecule has 0 aromatic heterocycles. The van der Waals surface area contributed by atoms with E-state index in [9.17, 15) is 51.6 Å². The molecule has 9 amide bonds. The zero-order valence-electron chi connectivity index (χ0n) is 56.9.